The molecular formula is C30H35FN2O5. The summed E-state index contributed by atoms with van der Waals surface area (Å²) >= 11 is 0. The molecule has 3 aromatic carbocycles. The number of hydrogen-bond acceptors (Lipinski definition) is 4. The lowest BCUT2D eigenvalue weighted by Crippen LogP contribution is -2.38. The maximum absolute atomic E-state index is 14.1. The van der Waals surface area contributed by atoms with E-state index in [4.69, 9.17) is 9.47 Å². The fourth-order valence-corrected chi connectivity index (χ4v) is 3.98. The van der Waals surface area contributed by atoms with Gasteiger partial charge in [-0.1, -0.05) is 54.6 Å². The Morgan fingerprint density at radius 2 is 1.63 bits per heavy atom. The first kappa shape index (κ1) is 28.7. The number of unbranched alkanes of at least 4 members (excludes halogenated alkanes) is 1. The van der Waals surface area contributed by atoms with Crippen LogP contribution in [0.2, 0.25) is 0 Å². The average molecular weight is 523 g/mol. The largest absolute Gasteiger partial charge is 0.492 e. The Hall–Kier alpha value is -3.91. The minimum Gasteiger partial charge on any atom is -0.492 e. The number of amides is 2. The van der Waals surface area contributed by atoms with E-state index in [2.05, 4.69) is 17.4 Å². The topological polar surface area (TPSA) is 88.1 Å². The van der Waals surface area contributed by atoms with Crippen molar-refractivity contribution in [1.82, 2.24) is 4.90 Å². The minimum atomic E-state index is -0.996. The predicted octanol–water partition coefficient (Wildman–Crippen LogP) is 5.79. The summed E-state index contributed by atoms with van der Waals surface area (Å²) in [4.78, 5) is 25.9. The second kappa shape index (κ2) is 15.4. The summed E-state index contributed by atoms with van der Waals surface area (Å²) in [5.74, 6) is -0.879. The number of ether oxygens (including phenoxy) is 2. The molecule has 0 aliphatic rings. The van der Waals surface area contributed by atoms with Crippen LogP contribution >= 0.6 is 0 Å². The van der Waals surface area contributed by atoms with Crippen LogP contribution in [0.25, 0.3) is 0 Å². The van der Waals surface area contributed by atoms with Gasteiger partial charge < -0.3 is 24.8 Å². The van der Waals surface area contributed by atoms with Gasteiger partial charge in [0, 0.05) is 19.6 Å². The summed E-state index contributed by atoms with van der Waals surface area (Å²) in [5.41, 5.74) is 2.20. The van der Waals surface area contributed by atoms with E-state index in [1.807, 2.05) is 18.2 Å². The van der Waals surface area contributed by atoms with Crippen molar-refractivity contribution < 1.29 is 28.6 Å². The third-order valence-electron chi connectivity index (χ3n) is 6.01. The monoisotopic (exact) mass is 522 g/mol. The highest BCUT2D eigenvalue weighted by Gasteiger charge is 2.18. The smallest absolute Gasteiger partial charge is 0.333 e. The lowest BCUT2D eigenvalue weighted by Gasteiger charge is -2.23. The first-order valence-electron chi connectivity index (χ1n) is 12.9. The highest BCUT2D eigenvalue weighted by atomic mass is 19.1. The number of nitrogens with zero attached hydrogens (tertiary/aromatic N) is 1. The summed E-state index contributed by atoms with van der Waals surface area (Å²) in [6.45, 7) is 3.16. The van der Waals surface area contributed by atoms with Crippen LogP contribution in [0.15, 0.2) is 78.9 Å². The van der Waals surface area contributed by atoms with Crippen molar-refractivity contribution in [3.05, 3.63) is 95.8 Å². The van der Waals surface area contributed by atoms with E-state index < -0.39 is 17.9 Å². The van der Waals surface area contributed by atoms with Crippen molar-refractivity contribution in [2.24, 2.45) is 0 Å². The number of hydrogen-bond donors (Lipinski definition) is 2. The summed E-state index contributed by atoms with van der Waals surface area (Å²) < 4.78 is 25.2. The predicted molar refractivity (Wildman–Crippen MR) is 145 cm³/mol. The van der Waals surface area contributed by atoms with Gasteiger partial charge in [0.05, 0.1) is 12.2 Å². The average Bonchev–Trinajstić information content (AvgIpc) is 2.92. The first-order valence-corrected chi connectivity index (χ1v) is 12.9. The molecule has 0 bridgehead atoms. The molecule has 3 aromatic rings. The quantitative estimate of drug-likeness (QED) is 0.247. The fraction of sp³-hybridized carbons (Fsp3) is 0.333. The Morgan fingerprint density at radius 3 is 2.32 bits per heavy atom. The van der Waals surface area contributed by atoms with Crippen LogP contribution in [-0.4, -0.2) is 54.4 Å². The van der Waals surface area contributed by atoms with Gasteiger partial charge in [0.1, 0.15) is 18.2 Å². The molecule has 0 saturated carbocycles. The number of benzene rings is 3. The van der Waals surface area contributed by atoms with Gasteiger partial charge in [-0.25, -0.2) is 14.0 Å². The molecule has 1 atom stereocenters. The van der Waals surface area contributed by atoms with Crippen LogP contribution in [0, 0.1) is 5.82 Å². The molecule has 38 heavy (non-hydrogen) atoms. The molecule has 0 fully saturated rings. The van der Waals surface area contributed by atoms with Crippen LogP contribution in [0.4, 0.5) is 14.9 Å². The zero-order valence-corrected chi connectivity index (χ0v) is 21.6. The Balaban J connectivity index is 1.54. The molecule has 8 heteroatoms. The molecule has 0 aliphatic carbocycles. The van der Waals surface area contributed by atoms with E-state index in [1.54, 1.807) is 48.2 Å². The van der Waals surface area contributed by atoms with Crippen molar-refractivity contribution in [1.29, 1.82) is 0 Å². The molecule has 0 radical (unpaired) electrons. The van der Waals surface area contributed by atoms with Crippen molar-refractivity contribution in [3.8, 4) is 5.75 Å². The second-order valence-electron chi connectivity index (χ2n) is 8.82. The number of halogens is 1. The number of aryl methyl sites for hydroxylation is 1. The Bertz CT molecular complexity index is 1140. The lowest BCUT2D eigenvalue weighted by molar-refractivity contribution is -0.149. The summed E-state index contributed by atoms with van der Waals surface area (Å²) in [7, 11) is 0. The maximum atomic E-state index is 14.1. The normalized spacial score (nSPS) is 11.5. The number of carbonyl (C=O) groups is 2. The third kappa shape index (κ3) is 9.52. The molecule has 0 aliphatic heterocycles. The van der Waals surface area contributed by atoms with Gasteiger partial charge in [0.15, 0.2) is 6.10 Å². The SMILES string of the molecule is CCOC(Cc1ccc(OCCN(CCCCc2ccccc2)C(=O)Nc2ccccc2F)cc1)C(=O)O. The number of aliphatic carboxylic acids is 1. The van der Waals surface area contributed by atoms with Gasteiger partial charge in [-0.05, 0) is 61.6 Å². The third-order valence-corrected chi connectivity index (χ3v) is 6.01. The molecule has 2 amide bonds. The standard InChI is InChI=1S/C30H35FN2O5/c1-2-37-28(29(34)35)22-24-15-17-25(18-16-24)38-21-20-33(19-9-8-12-23-10-4-3-5-11-23)30(36)32-27-14-7-6-13-26(27)31/h3-7,10-11,13-18,28H,2,8-9,12,19-22H2,1H3,(H,32,36)(H,34,35). The summed E-state index contributed by atoms with van der Waals surface area (Å²) in [6.07, 6.45) is 1.98. The number of carboxylic acids is 1. The summed E-state index contributed by atoms with van der Waals surface area (Å²) in [5, 5.41) is 11.9. The number of carboxylic acid groups (broad SMARTS) is 1. The molecule has 1 unspecified atom stereocenters. The van der Waals surface area contributed by atoms with E-state index in [-0.39, 0.29) is 24.7 Å². The fourth-order valence-electron chi connectivity index (χ4n) is 3.98. The van der Waals surface area contributed by atoms with Crippen LogP contribution in [0.1, 0.15) is 30.9 Å². The van der Waals surface area contributed by atoms with Crippen LogP contribution < -0.4 is 10.1 Å². The molecule has 0 saturated heterocycles. The van der Waals surface area contributed by atoms with Crippen LogP contribution in [0.3, 0.4) is 0 Å². The molecule has 0 heterocycles. The maximum Gasteiger partial charge on any atom is 0.333 e. The van der Waals surface area contributed by atoms with Crippen molar-refractivity contribution in [3.63, 3.8) is 0 Å². The highest BCUT2D eigenvalue weighted by molar-refractivity contribution is 5.89. The zero-order chi connectivity index (χ0) is 27.2. The van der Waals surface area contributed by atoms with Crippen molar-refractivity contribution in [2.45, 2.75) is 38.7 Å². The van der Waals surface area contributed by atoms with Gasteiger partial charge in [-0.2, -0.15) is 0 Å². The van der Waals surface area contributed by atoms with Crippen molar-refractivity contribution in [2.75, 3.05) is 31.6 Å². The van der Waals surface area contributed by atoms with E-state index in [1.165, 1.54) is 17.7 Å². The van der Waals surface area contributed by atoms with Crippen LogP contribution in [0.5, 0.6) is 5.75 Å². The highest BCUT2D eigenvalue weighted by Crippen LogP contribution is 2.16. The van der Waals surface area contributed by atoms with Gasteiger partial charge in [-0.15, -0.1) is 0 Å². The number of rotatable bonds is 15. The molecule has 202 valence electrons. The second-order valence-corrected chi connectivity index (χ2v) is 8.82. The first-order chi connectivity index (χ1) is 18.5. The molecule has 0 aromatic heterocycles. The molecule has 3 rings (SSSR count). The van der Waals surface area contributed by atoms with E-state index in [9.17, 15) is 19.1 Å². The number of para-hydroxylation sites is 1. The molecule has 2 N–H and O–H groups in total. The number of anilines is 1. The molecule has 0 spiro atoms. The number of carbonyl (C=O) groups excluding carboxylic acids is 1. The minimum absolute atomic E-state index is 0.134. The van der Waals surface area contributed by atoms with Crippen LogP contribution in [-0.2, 0) is 22.4 Å². The Labute approximate surface area is 223 Å². The van der Waals surface area contributed by atoms with Gasteiger partial charge in [0.25, 0.3) is 0 Å². The van der Waals surface area contributed by atoms with E-state index in [0.717, 1.165) is 24.8 Å². The van der Waals surface area contributed by atoms with Gasteiger partial charge in [-0.3, -0.25) is 0 Å². The van der Waals surface area contributed by atoms with E-state index in [0.29, 0.717) is 25.4 Å². The number of nitrogens with one attached hydrogen (secondary N) is 1. The van der Waals surface area contributed by atoms with E-state index >= 15 is 0 Å². The molecule has 7 nitrogen and oxygen atoms in total. The Kier molecular flexibility index (Phi) is 11.6. The Morgan fingerprint density at radius 1 is 0.921 bits per heavy atom. The molecular weight excluding hydrogens is 487 g/mol. The van der Waals surface area contributed by atoms with Crippen molar-refractivity contribution >= 4 is 17.7 Å². The summed E-state index contributed by atoms with van der Waals surface area (Å²) in [6, 6.07) is 23.0. The lowest BCUT2D eigenvalue weighted by atomic mass is 10.1. The number of urea groups is 1. The van der Waals surface area contributed by atoms with Gasteiger partial charge >= 0.3 is 12.0 Å². The zero-order valence-electron chi connectivity index (χ0n) is 21.6. The van der Waals surface area contributed by atoms with Gasteiger partial charge in [0.2, 0.25) is 0 Å².